The van der Waals surface area contributed by atoms with Crippen molar-refractivity contribution in [2.45, 2.75) is 13.0 Å². The minimum absolute atomic E-state index is 0.0565. The quantitative estimate of drug-likeness (QED) is 0.733. The Morgan fingerprint density at radius 1 is 1.21 bits per heavy atom. The van der Waals surface area contributed by atoms with Crippen molar-refractivity contribution in [1.82, 2.24) is 0 Å². The van der Waals surface area contributed by atoms with Crippen molar-refractivity contribution in [1.29, 1.82) is 0 Å². The maximum atomic E-state index is 13.4. The predicted octanol–water partition coefficient (Wildman–Crippen LogP) is 3.00. The fourth-order valence-corrected chi connectivity index (χ4v) is 1.54. The molecule has 0 aliphatic carbocycles. The normalized spacial score (nSPS) is 13.1. The first kappa shape index (κ1) is 9.16. The lowest BCUT2D eigenvalue weighted by molar-refractivity contribution is 0.639. The molecule has 1 nitrogen and oxygen atoms in total. The maximum absolute atomic E-state index is 13.4. The Labute approximate surface area is 82.3 Å². The summed E-state index contributed by atoms with van der Waals surface area (Å²) in [6.45, 7) is 1.89. The van der Waals surface area contributed by atoms with E-state index in [1.807, 2.05) is 31.2 Å². The van der Waals surface area contributed by atoms with E-state index in [4.69, 9.17) is 5.73 Å². The zero-order chi connectivity index (χ0) is 10.1. The van der Waals surface area contributed by atoms with Crippen molar-refractivity contribution >= 4 is 10.8 Å². The van der Waals surface area contributed by atoms with Gasteiger partial charge in [-0.1, -0.05) is 24.3 Å². The molecular weight excluding hydrogens is 177 g/mol. The lowest BCUT2D eigenvalue weighted by atomic mass is 10.0. The second-order valence-corrected chi connectivity index (χ2v) is 3.51. The standard InChI is InChI=1S/C12H12FN/c1-8(14)10-6-5-9-3-2-4-12(13)11(9)7-10/h2-8H,14H2,1H3. The van der Waals surface area contributed by atoms with E-state index in [0.29, 0.717) is 5.39 Å². The summed E-state index contributed by atoms with van der Waals surface area (Å²) in [4.78, 5) is 0. The van der Waals surface area contributed by atoms with Gasteiger partial charge in [0.25, 0.3) is 0 Å². The van der Waals surface area contributed by atoms with E-state index in [9.17, 15) is 4.39 Å². The third-order valence-electron chi connectivity index (χ3n) is 2.38. The van der Waals surface area contributed by atoms with Crippen LogP contribution < -0.4 is 5.73 Å². The van der Waals surface area contributed by atoms with Crippen molar-refractivity contribution in [2.75, 3.05) is 0 Å². The first-order chi connectivity index (χ1) is 6.68. The van der Waals surface area contributed by atoms with Crippen LogP contribution in [0.3, 0.4) is 0 Å². The Kier molecular flexibility index (Phi) is 2.22. The summed E-state index contributed by atoms with van der Waals surface area (Å²) in [5, 5.41) is 1.55. The van der Waals surface area contributed by atoms with E-state index in [1.165, 1.54) is 6.07 Å². The Hall–Kier alpha value is -1.41. The smallest absolute Gasteiger partial charge is 0.131 e. The molecule has 0 saturated carbocycles. The average molecular weight is 189 g/mol. The van der Waals surface area contributed by atoms with Gasteiger partial charge in [-0.05, 0) is 30.0 Å². The monoisotopic (exact) mass is 189 g/mol. The Morgan fingerprint density at radius 3 is 2.71 bits per heavy atom. The number of hydrogen-bond acceptors (Lipinski definition) is 1. The third-order valence-corrected chi connectivity index (χ3v) is 2.38. The van der Waals surface area contributed by atoms with Gasteiger partial charge in [0.2, 0.25) is 0 Å². The van der Waals surface area contributed by atoms with Gasteiger partial charge in [-0.25, -0.2) is 4.39 Å². The molecule has 0 spiro atoms. The molecule has 2 aromatic carbocycles. The number of fused-ring (bicyclic) bond motifs is 1. The van der Waals surface area contributed by atoms with Crippen LogP contribution in [0.25, 0.3) is 10.8 Å². The third kappa shape index (κ3) is 1.49. The van der Waals surface area contributed by atoms with Crippen LogP contribution in [0.15, 0.2) is 36.4 Å². The average Bonchev–Trinajstić information content (AvgIpc) is 2.18. The molecule has 0 saturated heterocycles. The molecule has 0 aromatic heterocycles. The van der Waals surface area contributed by atoms with Crippen molar-refractivity contribution in [3.05, 3.63) is 47.8 Å². The van der Waals surface area contributed by atoms with Crippen molar-refractivity contribution in [3.8, 4) is 0 Å². The van der Waals surface area contributed by atoms with Crippen LogP contribution in [-0.4, -0.2) is 0 Å². The Bertz CT molecular complexity index is 463. The van der Waals surface area contributed by atoms with Crippen molar-refractivity contribution in [3.63, 3.8) is 0 Å². The molecule has 0 bridgehead atoms. The largest absolute Gasteiger partial charge is 0.324 e. The van der Waals surface area contributed by atoms with Gasteiger partial charge in [-0.3, -0.25) is 0 Å². The zero-order valence-corrected chi connectivity index (χ0v) is 8.00. The highest BCUT2D eigenvalue weighted by atomic mass is 19.1. The molecule has 2 heteroatoms. The summed E-state index contributed by atoms with van der Waals surface area (Å²) in [6.07, 6.45) is 0. The summed E-state index contributed by atoms with van der Waals surface area (Å²) in [7, 11) is 0. The summed E-state index contributed by atoms with van der Waals surface area (Å²) in [6, 6.07) is 10.7. The molecule has 2 aromatic rings. The number of hydrogen-bond donors (Lipinski definition) is 1. The Balaban J connectivity index is 2.70. The highest BCUT2D eigenvalue weighted by molar-refractivity contribution is 5.83. The van der Waals surface area contributed by atoms with E-state index in [-0.39, 0.29) is 11.9 Å². The minimum Gasteiger partial charge on any atom is -0.324 e. The molecule has 2 N–H and O–H groups in total. The van der Waals surface area contributed by atoms with Gasteiger partial charge in [-0.15, -0.1) is 0 Å². The fraction of sp³-hybridized carbons (Fsp3) is 0.167. The predicted molar refractivity (Wildman–Crippen MR) is 56.5 cm³/mol. The first-order valence-corrected chi connectivity index (χ1v) is 4.62. The van der Waals surface area contributed by atoms with Crippen molar-refractivity contribution in [2.24, 2.45) is 5.73 Å². The molecule has 1 unspecified atom stereocenters. The molecule has 0 aliphatic rings. The Morgan fingerprint density at radius 2 is 2.00 bits per heavy atom. The van der Waals surface area contributed by atoms with E-state index >= 15 is 0 Å². The van der Waals surface area contributed by atoms with Gasteiger partial charge in [-0.2, -0.15) is 0 Å². The SMILES string of the molecule is CC(N)c1ccc2cccc(F)c2c1. The first-order valence-electron chi connectivity index (χ1n) is 4.62. The topological polar surface area (TPSA) is 26.0 Å². The highest BCUT2D eigenvalue weighted by Gasteiger charge is 2.03. The van der Waals surface area contributed by atoms with Crippen LogP contribution in [0.4, 0.5) is 4.39 Å². The van der Waals surface area contributed by atoms with Gasteiger partial charge in [0.1, 0.15) is 5.82 Å². The fourth-order valence-electron chi connectivity index (χ4n) is 1.54. The molecule has 0 amide bonds. The second-order valence-electron chi connectivity index (χ2n) is 3.51. The summed E-state index contributed by atoms with van der Waals surface area (Å²) < 4.78 is 13.4. The van der Waals surface area contributed by atoms with E-state index in [1.54, 1.807) is 6.07 Å². The maximum Gasteiger partial charge on any atom is 0.131 e. The van der Waals surface area contributed by atoms with Crippen molar-refractivity contribution < 1.29 is 4.39 Å². The number of rotatable bonds is 1. The van der Waals surface area contributed by atoms with Gasteiger partial charge in [0.05, 0.1) is 0 Å². The number of nitrogens with two attached hydrogens (primary N) is 1. The molecule has 72 valence electrons. The molecule has 1 atom stereocenters. The van der Waals surface area contributed by atoms with Gasteiger partial charge in [0.15, 0.2) is 0 Å². The van der Waals surface area contributed by atoms with E-state index < -0.39 is 0 Å². The lowest BCUT2D eigenvalue weighted by Crippen LogP contribution is -2.04. The molecule has 14 heavy (non-hydrogen) atoms. The van der Waals surface area contributed by atoms with Crippen LogP contribution in [0.2, 0.25) is 0 Å². The molecular formula is C12H12FN. The highest BCUT2D eigenvalue weighted by Crippen LogP contribution is 2.21. The number of halogens is 1. The molecule has 2 rings (SSSR count). The second kappa shape index (κ2) is 3.39. The summed E-state index contributed by atoms with van der Waals surface area (Å²) in [5.74, 6) is -0.190. The number of benzene rings is 2. The summed E-state index contributed by atoms with van der Waals surface area (Å²) in [5.41, 5.74) is 6.69. The van der Waals surface area contributed by atoms with Crippen LogP contribution in [0.1, 0.15) is 18.5 Å². The molecule has 0 heterocycles. The van der Waals surface area contributed by atoms with Crippen LogP contribution >= 0.6 is 0 Å². The van der Waals surface area contributed by atoms with Gasteiger partial charge in [0, 0.05) is 11.4 Å². The van der Waals surface area contributed by atoms with Crippen LogP contribution in [0, 0.1) is 5.82 Å². The minimum atomic E-state index is -0.190. The van der Waals surface area contributed by atoms with Crippen LogP contribution in [0.5, 0.6) is 0 Å². The molecule has 0 fully saturated rings. The molecule has 0 radical (unpaired) electrons. The van der Waals surface area contributed by atoms with Gasteiger partial charge < -0.3 is 5.73 Å². The summed E-state index contributed by atoms with van der Waals surface area (Å²) >= 11 is 0. The molecule has 0 aliphatic heterocycles. The zero-order valence-electron chi connectivity index (χ0n) is 8.00. The van der Waals surface area contributed by atoms with E-state index in [0.717, 1.165) is 10.9 Å². The van der Waals surface area contributed by atoms with E-state index in [2.05, 4.69) is 0 Å². The lowest BCUT2D eigenvalue weighted by Gasteiger charge is -2.07. The van der Waals surface area contributed by atoms with Crippen LogP contribution in [-0.2, 0) is 0 Å². The van der Waals surface area contributed by atoms with Gasteiger partial charge >= 0.3 is 0 Å².